The Balaban J connectivity index is 2.30. The molecule has 2 N–H and O–H groups in total. The molecule has 2 heterocycles. The van der Waals surface area contributed by atoms with Crippen molar-refractivity contribution >= 4 is 40.2 Å². The second kappa shape index (κ2) is 4.15. The number of hydrogen-bond acceptors (Lipinski definition) is 3. The van der Waals surface area contributed by atoms with E-state index in [9.17, 15) is 0 Å². The van der Waals surface area contributed by atoms with E-state index in [4.69, 9.17) is 28.9 Å². The predicted octanol–water partition coefficient (Wildman–Crippen LogP) is 3.31. The molecule has 2 aromatic heterocycles. The molecule has 0 unspecified atom stereocenters. The Morgan fingerprint density at radius 3 is 2.72 bits per heavy atom. The second-order valence-corrected chi connectivity index (χ2v) is 4.58. The fourth-order valence-corrected chi connectivity index (χ4v) is 2.14. The number of anilines is 1. The molecule has 0 saturated heterocycles. The number of aromatic nitrogens is 3. The first-order valence-corrected chi connectivity index (χ1v) is 5.96. The summed E-state index contributed by atoms with van der Waals surface area (Å²) in [6.07, 6.45) is 3.36. The van der Waals surface area contributed by atoms with Gasteiger partial charge in [0.15, 0.2) is 0 Å². The van der Waals surface area contributed by atoms with Crippen molar-refractivity contribution in [3.05, 3.63) is 46.7 Å². The molecule has 0 aliphatic rings. The molecule has 90 valence electrons. The van der Waals surface area contributed by atoms with Crippen LogP contribution in [0.5, 0.6) is 0 Å². The Hall–Kier alpha value is -1.78. The zero-order valence-electron chi connectivity index (χ0n) is 9.14. The summed E-state index contributed by atoms with van der Waals surface area (Å²) in [5.74, 6) is 0.386. The summed E-state index contributed by atoms with van der Waals surface area (Å²) in [4.78, 5) is 8.26. The lowest BCUT2D eigenvalue weighted by Crippen LogP contribution is -2.00. The molecule has 1 aromatic carbocycles. The van der Waals surface area contributed by atoms with Crippen molar-refractivity contribution in [1.82, 2.24) is 14.5 Å². The van der Waals surface area contributed by atoms with Crippen molar-refractivity contribution in [3.8, 4) is 5.69 Å². The van der Waals surface area contributed by atoms with Crippen LogP contribution in [-0.4, -0.2) is 14.5 Å². The first kappa shape index (κ1) is 11.3. The van der Waals surface area contributed by atoms with Crippen LogP contribution >= 0.6 is 23.2 Å². The average Bonchev–Trinajstić information content (AvgIpc) is 2.69. The van der Waals surface area contributed by atoms with Gasteiger partial charge >= 0.3 is 0 Å². The fourth-order valence-electron chi connectivity index (χ4n) is 1.85. The van der Waals surface area contributed by atoms with Gasteiger partial charge in [0.1, 0.15) is 5.52 Å². The van der Waals surface area contributed by atoms with Gasteiger partial charge in [0.25, 0.3) is 0 Å². The molecule has 3 aromatic rings. The highest BCUT2D eigenvalue weighted by Crippen LogP contribution is 2.28. The van der Waals surface area contributed by atoms with Crippen molar-refractivity contribution < 1.29 is 0 Å². The minimum Gasteiger partial charge on any atom is -0.369 e. The van der Waals surface area contributed by atoms with Crippen LogP contribution in [0.25, 0.3) is 16.7 Å². The van der Waals surface area contributed by atoms with E-state index < -0.39 is 0 Å². The first-order valence-electron chi connectivity index (χ1n) is 5.20. The molecule has 6 heteroatoms. The Morgan fingerprint density at radius 1 is 1.11 bits per heavy atom. The summed E-state index contributed by atoms with van der Waals surface area (Å²) in [5, 5.41) is 0.981. The van der Waals surface area contributed by atoms with Gasteiger partial charge in [-0.25, -0.2) is 4.98 Å². The Kier molecular flexibility index (Phi) is 2.61. The highest BCUT2D eigenvalue weighted by atomic mass is 35.5. The molecule has 0 saturated carbocycles. The summed E-state index contributed by atoms with van der Waals surface area (Å²) >= 11 is 11.9. The van der Waals surface area contributed by atoms with Gasteiger partial charge in [-0.3, -0.25) is 9.55 Å². The van der Waals surface area contributed by atoms with Gasteiger partial charge in [0.2, 0.25) is 5.95 Å². The third-order valence-electron chi connectivity index (χ3n) is 2.64. The summed E-state index contributed by atoms with van der Waals surface area (Å²) in [6.45, 7) is 0. The molecule has 0 atom stereocenters. The van der Waals surface area contributed by atoms with Gasteiger partial charge in [-0.15, -0.1) is 0 Å². The summed E-state index contributed by atoms with van der Waals surface area (Å²) in [5.41, 5.74) is 8.35. The van der Waals surface area contributed by atoms with Crippen LogP contribution in [0.2, 0.25) is 10.0 Å². The minimum absolute atomic E-state index is 0.386. The number of benzene rings is 1. The number of pyridine rings is 1. The molecular weight excluding hydrogens is 271 g/mol. The third kappa shape index (κ3) is 1.70. The average molecular weight is 279 g/mol. The van der Waals surface area contributed by atoms with Gasteiger partial charge in [-0.05, 0) is 24.3 Å². The standard InChI is InChI=1S/C12H8Cl2N4/c13-8-2-1-7(5-9(8)14)18-11-3-4-16-6-10(11)17-12(18)15/h1-6H,(H2,15,17). The summed E-state index contributed by atoms with van der Waals surface area (Å²) in [6, 6.07) is 7.17. The number of hydrogen-bond donors (Lipinski definition) is 1. The number of rotatable bonds is 1. The minimum atomic E-state index is 0.386. The van der Waals surface area contributed by atoms with Crippen LogP contribution in [-0.2, 0) is 0 Å². The van der Waals surface area contributed by atoms with Gasteiger partial charge < -0.3 is 5.73 Å². The smallest absolute Gasteiger partial charge is 0.205 e. The Bertz CT molecular complexity index is 736. The third-order valence-corrected chi connectivity index (χ3v) is 3.38. The van der Waals surface area contributed by atoms with Gasteiger partial charge in [0.05, 0.1) is 27.4 Å². The molecule has 0 radical (unpaired) electrons. The Morgan fingerprint density at radius 2 is 1.94 bits per heavy atom. The molecule has 0 bridgehead atoms. The van der Waals surface area contributed by atoms with Crippen molar-refractivity contribution in [3.63, 3.8) is 0 Å². The maximum atomic E-state index is 6.02. The van der Waals surface area contributed by atoms with Crippen molar-refractivity contribution in [1.29, 1.82) is 0 Å². The molecule has 0 aliphatic carbocycles. The maximum Gasteiger partial charge on any atom is 0.205 e. The molecule has 4 nitrogen and oxygen atoms in total. The highest BCUT2D eigenvalue weighted by Gasteiger charge is 2.10. The molecule has 0 amide bonds. The van der Waals surface area contributed by atoms with E-state index in [-0.39, 0.29) is 0 Å². The van der Waals surface area contributed by atoms with E-state index in [1.807, 2.05) is 12.1 Å². The van der Waals surface area contributed by atoms with Crippen LogP contribution in [0.1, 0.15) is 0 Å². The highest BCUT2D eigenvalue weighted by molar-refractivity contribution is 6.42. The van der Waals surface area contributed by atoms with Crippen LogP contribution in [0, 0.1) is 0 Å². The number of imidazole rings is 1. The topological polar surface area (TPSA) is 56.7 Å². The quantitative estimate of drug-likeness (QED) is 0.743. The fraction of sp³-hybridized carbons (Fsp3) is 0. The molecule has 3 rings (SSSR count). The zero-order valence-corrected chi connectivity index (χ0v) is 10.7. The molecule has 18 heavy (non-hydrogen) atoms. The van der Waals surface area contributed by atoms with E-state index in [2.05, 4.69) is 9.97 Å². The largest absolute Gasteiger partial charge is 0.369 e. The molecule has 0 spiro atoms. The van der Waals surface area contributed by atoms with E-state index in [0.717, 1.165) is 16.7 Å². The number of halogens is 2. The predicted molar refractivity (Wildman–Crippen MR) is 73.3 cm³/mol. The number of fused-ring (bicyclic) bond motifs is 1. The van der Waals surface area contributed by atoms with E-state index in [0.29, 0.717) is 16.0 Å². The number of nitrogens with two attached hydrogens (primary N) is 1. The number of nitrogen functional groups attached to an aromatic ring is 1. The van der Waals surface area contributed by atoms with Crippen LogP contribution < -0.4 is 5.73 Å². The lowest BCUT2D eigenvalue weighted by Gasteiger charge is -2.07. The first-order chi connectivity index (χ1) is 8.66. The molecule has 0 aliphatic heterocycles. The van der Waals surface area contributed by atoms with Crippen LogP contribution in [0.4, 0.5) is 5.95 Å². The monoisotopic (exact) mass is 278 g/mol. The maximum absolute atomic E-state index is 6.02. The second-order valence-electron chi connectivity index (χ2n) is 3.77. The molecule has 0 fully saturated rings. The summed E-state index contributed by atoms with van der Waals surface area (Å²) in [7, 11) is 0. The SMILES string of the molecule is Nc1nc2cnccc2n1-c1ccc(Cl)c(Cl)c1. The van der Waals surface area contributed by atoms with Crippen molar-refractivity contribution in [2.75, 3.05) is 5.73 Å². The lowest BCUT2D eigenvalue weighted by molar-refractivity contribution is 1.11. The van der Waals surface area contributed by atoms with Gasteiger partial charge in [-0.1, -0.05) is 23.2 Å². The van der Waals surface area contributed by atoms with Crippen LogP contribution in [0.3, 0.4) is 0 Å². The van der Waals surface area contributed by atoms with Crippen molar-refractivity contribution in [2.24, 2.45) is 0 Å². The number of nitrogens with zero attached hydrogens (tertiary/aromatic N) is 3. The van der Waals surface area contributed by atoms with Crippen LogP contribution in [0.15, 0.2) is 36.7 Å². The van der Waals surface area contributed by atoms with Gasteiger partial charge in [-0.2, -0.15) is 0 Å². The molecular formula is C12H8Cl2N4. The van der Waals surface area contributed by atoms with Crippen molar-refractivity contribution in [2.45, 2.75) is 0 Å². The van der Waals surface area contributed by atoms with E-state index >= 15 is 0 Å². The normalized spacial score (nSPS) is 11.0. The Labute approximate surface area is 113 Å². The zero-order chi connectivity index (χ0) is 12.7. The van der Waals surface area contributed by atoms with E-state index in [1.54, 1.807) is 29.1 Å². The van der Waals surface area contributed by atoms with E-state index in [1.165, 1.54) is 0 Å². The summed E-state index contributed by atoms with van der Waals surface area (Å²) < 4.78 is 1.80. The van der Waals surface area contributed by atoms with Gasteiger partial charge in [0, 0.05) is 6.20 Å². The lowest BCUT2D eigenvalue weighted by atomic mass is 10.3.